The first-order chi connectivity index (χ1) is 14.6. The first-order valence-electron chi connectivity index (χ1n) is 9.31. The number of para-hydroxylation sites is 2. The average molecular weight is 404 g/mol. The molecular weight excluding hydrogens is 384 g/mol. The predicted molar refractivity (Wildman–Crippen MR) is 112 cm³/mol. The molecule has 4 rings (SSSR count). The third-order valence-corrected chi connectivity index (χ3v) is 4.77. The maximum Gasteiger partial charge on any atom is 0.357 e. The van der Waals surface area contributed by atoms with Gasteiger partial charge in [-0.05, 0) is 29.8 Å². The van der Waals surface area contributed by atoms with Crippen molar-refractivity contribution >= 4 is 11.0 Å². The van der Waals surface area contributed by atoms with Crippen LogP contribution in [-0.2, 0) is 6.61 Å². The van der Waals surface area contributed by atoms with Crippen molar-refractivity contribution in [3.63, 3.8) is 0 Å². The van der Waals surface area contributed by atoms with Crippen molar-refractivity contribution in [2.24, 2.45) is 0 Å². The van der Waals surface area contributed by atoms with E-state index in [2.05, 4.69) is 0 Å². The number of nitrogens with zero attached hydrogens (tertiary/aromatic N) is 2. The summed E-state index contributed by atoms with van der Waals surface area (Å²) >= 11 is 0. The minimum Gasteiger partial charge on any atom is -0.618 e. The van der Waals surface area contributed by atoms with Crippen molar-refractivity contribution in [2.45, 2.75) is 6.61 Å². The number of rotatable bonds is 6. The lowest BCUT2D eigenvalue weighted by molar-refractivity contribution is -0.566. The summed E-state index contributed by atoms with van der Waals surface area (Å²) in [6, 6.07) is 21.2. The molecule has 0 saturated heterocycles. The molecule has 0 saturated carbocycles. The van der Waals surface area contributed by atoms with Crippen LogP contribution in [0.5, 0.6) is 11.5 Å². The summed E-state index contributed by atoms with van der Waals surface area (Å²) in [7, 11) is 3.01. The largest absolute Gasteiger partial charge is 0.618 e. The zero-order valence-electron chi connectivity index (χ0n) is 16.6. The lowest BCUT2D eigenvalue weighted by Crippen LogP contribution is -2.42. The van der Waals surface area contributed by atoms with Crippen LogP contribution in [0.15, 0.2) is 77.6 Å². The van der Waals surface area contributed by atoms with Crippen molar-refractivity contribution in [1.29, 1.82) is 0 Å². The Morgan fingerprint density at radius 1 is 0.900 bits per heavy atom. The second-order valence-corrected chi connectivity index (χ2v) is 6.56. The van der Waals surface area contributed by atoms with Gasteiger partial charge >= 0.3 is 5.56 Å². The van der Waals surface area contributed by atoms with Crippen LogP contribution >= 0.6 is 0 Å². The van der Waals surface area contributed by atoms with E-state index < -0.39 is 5.56 Å². The maximum absolute atomic E-state index is 13.3. The van der Waals surface area contributed by atoms with Gasteiger partial charge in [0.1, 0.15) is 6.61 Å². The number of ether oxygens (including phenoxy) is 2. The molecule has 0 N–H and O–H groups in total. The molecule has 152 valence electrons. The Labute approximate surface area is 172 Å². The van der Waals surface area contributed by atoms with Gasteiger partial charge in [0.2, 0.25) is 5.52 Å². The minimum absolute atomic E-state index is 0.0669. The third-order valence-electron chi connectivity index (χ3n) is 4.77. The standard InChI is InChI=1S/C23H20N2O5/c1-28-20-13-12-17(14-21(20)29-2)22-23(26)25(30-15-16-8-4-3-5-9-16)19-11-7-6-10-18(19)24(22)27/h3-14H,15H2,1-2H3. The van der Waals surface area contributed by atoms with Crippen molar-refractivity contribution in [3.05, 3.63) is 93.9 Å². The lowest BCUT2D eigenvalue weighted by atomic mass is 10.1. The Balaban J connectivity index is 1.89. The Hall–Kier alpha value is -4.00. The van der Waals surface area contributed by atoms with Gasteiger partial charge < -0.3 is 19.5 Å². The van der Waals surface area contributed by atoms with Crippen molar-refractivity contribution in [1.82, 2.24) is 4.73 Å². The highest BCUT2D eigenvalue weighted by Gasteiger charge is 2.24. The molecule has 0 fully saturated rings. The molecule has 0 aliphatic heterocycles. The predicted octanol–water partition coefficient (Wildman–Crippen LogP) is 2.95. The van der Waals surface area contributed by atoms with E-state index in [1.54, 1.807) is 42.5 Å². The molecule has 0 aliphatic carbocycles. The molecular formula is C23H20N2O5. The smallest absolute Gasteiger partial charge is 0.357 e. The second kappa shape index (κ2) is 8.16. The van der Waals surface area contributed by atoms with Crippen LogP contribution in [0.25, 0.3) is 22.3 Å². The third kappa shape index (κ3) is 3.41. The highest BCUT2D eigenvalue weighted by atomic mass is 16.7. The van der Waals surface area contributed by atoms with E-state index in [1.165, 1.54) is 19.0 Å². The number of benzene rings is 3. The molecule has 0 bridgehead atoms. The van der Waals surface area contributed by atoms with E-state index in [0.717, 1.165) is 5.56 Å². The summed E-state index contributed by atoms with van der Waals surface area (Å²) in [5.74, 6) is 0.916. The molecule has 0 radical (unpaired) electrons. The van der Waals surface area contributed by atoms with Crippen LogP contribution in [0, 0.1) is 5.21 Å². The molecule has 0 atom stereocenters. The van der Waals surface area contributed by atoms with Crippen LogP contribution in [0.2, 0.25) is 0 Å². The van der Waals surface area contributed by atoms with E-state index in [4.69, 9.17) is 14.3 Å². The van der Waals surface area contributed by atoms with Crippen molar-refractivity contribution in [2.75, 3.05) is 14.2 Å². The number of fused-ring (bicyclic) bond motifs is 1. The van der Waals surface area contributed by atoms with Gasteiger partial charge in [-0.25, -0.2) is 0 Å². The van der Waals surface area contributed by atoms with Gasteiger partial charge in [-0.15, -0.1) is 4.73 Å². The molecule has 7 nitrogen and oxygen atoms in total. The van der Waals surface area contributed by atoms with E-state index in [0.29, 0.717) is 32.8 Å². The number of hydrogen-bond donors (Lipinski definition) is 0. The van der Waals surface area contributed by atoms with E-state index in [1.807, 2.05) is 30.3 Å². The molecule has 7 heteroatoms. The number of hydrogen-bond acceptors (Lipinski definition) is 5. The second-order valence-electron chi connectivity index (χ2n) is 6.56. The summed E-state index contributed by atoms with van der Waals surface area (Å²) < 4.78 is 12.4. The number of aromatic nitrogens is 2. The Bertz CT molecular complexity index is 1250. The SMILES string of the molecule is COc1ccc(-c2c(=O)n(OCc3ccccc3)c3ccccc3[n+]2[O-])cc1OC. The minimum atomic E-state index is -0.563. The molecule has 0 spiro atoms. The van der Waals surface area contributed by atoms with Crippen molar-refractivity contribution in [3.8, 4) is 22.8 Å². The topological polar surface area (TPSA) is 76.6 Å². The van der Waals surface area contributed by atoms with Gasteiger partial charge in [0.05, 0.1) is 19.8 Å². The van der Waals surface area contributed by atoms with Crippen LogP contribution in [0.3, 0.4) is 0 Å². The zero-order chi connectivity index (χ0) is 21.1. The van der Waals surface area contributed by atoms with Gasteiger partial charge in [0, 0.05) is 6.07 Å². The van der Waals surface area contributed by atoms with E-state index in [9.17, 15) is 10.0 Å². The van der Waals surface area contributed by atoms with E-state index in [-0.39, 0.29) is 12.3 Å². The van der Waals surface area contributed by atoms with Crippen LogP contribution < -0.4 is 24.6 Å². The number of methoxy groups -OCH3 is 2. The fourth-order valence-electron chi connectivity index (χ4n) is 3.29. The van der Waals surface area contributed by atoms with Crippen LogP contribution in [0.1, 0.15) is 5.56 Å². The monoisotopic (exact) mass is 404 g/mol. The highest BCUT2D eigenvalue weighted by molar-refractivity contribution is 5.73. The summed E-state index contributed by atoms with van der Waals surface area (Å²) in [5.41, 5.74) is 1.37. The maximum atomic E-state index is 13.3. The summed E-state index contributed by atoms with van der Waals surface area (Å²) in [6.45, 7) is 0.180. The van der Waals surface area contributed by atoms with Gasteiger partial charge in [0.15, 0.2) is 17.0 Å². The highest BCUT2D eigenvalue weighted by Crippen LogP contribution is 2.30. The van der Waals surface area contributed by atoms with Crippen molar-refractivity contribution < 1.29 is 19.0 Å². The fraction of sp³-hybridized carbons (Fsp3) is 0.130. The molecule has 3 aromatic carbocycles. The summed E-state index contributed by atoms with van der Waals surface area (Å²) in [5, 5.41) is 13.1. The Kier molecular flexibility index (Phi) is 5.26. The fourth-order valence-corrected chi connectivity index (χ4v) is 3.29. The summed E-state index contributed by atoms with van der Waals surface area (Å²) in [4.78, 5) is 19.2. The molecule has 1 heterocycles. The molecule has 1 aromatic heterocycles. The van der Waals surface area contributed by atoms with Gasteiger partial charge in [-0.3, -0.25) is 4.79 Å². The molecule has 4 aromatic rings. The normalized spacial score (nSPS) is 10.7. The lowest BCUT2D eigenvalue weighted by Gasteiger charge is -2.15. The van der Waals surface area contributed by atoms with Gasteiger partial charge in [-0.2, -0.15) is 4.73 Å². The summed E-state index contributed by atoms with van der Waals surface area (Å²) in [6.07, 6.45) is 0. The Morgan fingerprint density at radius 2 is 1.60 bits per heavy atom. The molecule has 0 amide bonds. The van der Waals surface area contributed by atoms with E-state index >= 15 is 0 Å². The van der Waals surface area contributed by atoms with Crippen LogP contribution in [-0.4, -0.2) is 19.0 Å². The average Bonchev–Trinajstić information content (AvgIpc) is 2.79. The first-order valence-corrected chi connectivity index (χ1v) is 9.31. The molecule has 30 heavy (non-hydrogen) atoms. The van der Waals surface area contributed by atoms with Gasteiger partial charge in [-0.1, -0.05) is 42.5 Å². The first kappa shape index (κ1) is 19.3. The zero-order valence-corrected chi connectivity index (χ0v) is 16.6. The molecule has 0 unspecified atom stereocenters. The molecule has 0 aliphatic rings. The van der Waals surface area contributed by atoms with Crippen LogP contribution in [0.4, 0.5) is 0 Å². The Morgan fingerprint density at radius 3 is 2.33 bits per heavy atom. The van der Waals surface area contributed by atoms with Gasteiger partial charge in [0.25, 0.3) is 5.69 Å². The quantitative estimate of drug-likeness (QED) is 0.365.